The van der Waals surface area contributed by atoms with E-state index in [1.54, 1.807) is 0 Å². The van der Waals surface area contributed by atoms with Crippen LogP contribution in [0.15, 0.2) is 182 Å². The first-order valence-electron chi connectivity index (χ1n) is 30.1. The fourth-order valence-electron chi connectivity index (χ4n) is 12.5. The molecule has 90 heavy (non-hydrogen) atoms. The number of benzene rings is 6. The normalized spacial score (nSPS) is 24.0. The first kappa shape index (κ1) is 66.8. The van der Waals surface area contributed by atoms with Gasteiger partial charge in [-0.1, -0.05) is 158 Å². The molecule has 4 aliphatic heterocycles. The minimum atomic E-state index is -1.00. The number of nitrogens with zero attached hydrogens (tertiary/aromatic N) is 2. The van der Waals surface area contributed by atoms with Gasteiger partial charge in [0.15, 0.2) is 0 Å². The zero-order valence-electron chi connectivity index (χ0n) is 49.9. The van der Waals surface area contributed by atoms with Gasteiger partial charge < -0.3 is 65.5 Å². The summed E-state index contributed by atoms with van der Waals surface area (Å²) in [4.78, 5) is 121. The number of rotatable bonds is 12. The summed E-state index contributed by atoms with van der Waals surface area (Å²) in [5.74, 6) is -3.69. The summed E-state index contributed by atoms with van der Waals surface area (Å²) in [5, 5.41) is 19.5. The monoisotopic (exact) mass is 1360 g/mol. The number of aromatic nitrogens is 2. The summed E-state index contributed by atoms with van der Waals surface area (Å²) in [6.45, 7) is 8.84. The molecule has 2 aromatic heterocycles. The van der Waals surface area contributed by atoms with E-state index in [2.05, 4.69) is 55.7 Å². The van der Waals surface area contributed by atoms with E-state index in [9.17, 15) is 38.4 Å². The molecule has 8 amide bonds. The number of nitrogens with one attached hydrogen (secondary N) is 8. The molecule has 0 saturated carbocycles. The molecule has 4 fully saturated rings. The fraction of sp³-hybridized carbons (Fsp3) is 0.286. The molecule has 20 heteroatoms. The van der Waals surface area contributed by atoms with Gasteiger partial charge in [0, 0.05) is 138 Å². The van der Waals surface area contributed by atoms with Crippen molar-refractivity contribution in [2.45, 2.75) is 99.7 Å². The van der Waals surface area contributed by atoms with Gasteiger partial charge >= 0.3 is 0 Å². The summed E-state index contributed by atoms with van der Waals surface area (Å²) in [7, 11) is 0. The predicted octanol–water partition coefficient (Wildman–Crippen LogP) is 5.42. The van der Waals surface area contributed by atoms with Gasteiger partial charge in [-0.25, -0.2) is 0 Å². The van der Waals surface area contributed by atoms with Gasteiger partial charge in [-0.05, 0) is 71.4 Å². The third-order valence-corrected chi connectivity index (χ3v) is 17.0. The first-order chi connectivity index (χ1) is 42.7. The molecule has 6 aromatic carbocycles. The van der Waals surface area contributed by atoms with Gasteiger partial charge in [0.05, 0.1) is 0 Å². The molecule has 8 aromatic rings. The van der Waals surface area contributed by atoms with Crippen LogP contribution in [0.5, 0.6) is 0 Å². The average molecular weight is 1360 g/mol. The molecule has 4 aliphatic rings. The number of hydrogen-bond donors (Lipinski definition) is 8. The number of aromatic amines is 2. The zero-order valence-corrected chi connectivity index (χ0v) is 55.6. The molecule has 458 valence electrons. The van der Waals surface area contributed by atoms with Crippen LogP contribution in [0.3, 0.4) is 0 Å². The van der Waals surface area contributed by atoms with Crippen LogP contribution < -0.4 is 31.9 Å². The maximum Gasteiger partial charge on any atom is 0.246 e. The van der Waals surface area contributed by atoms with E-state index >= 15 is 0 Å². The van der Waals surface area contributed by atoms with Gasteiger partial charge in [0.2, 0.25) is 47.3 Å². The Labute approximate surface area is 573 Å². The van der Waals surface area contributed by atoms with E-state index in [1.807, 2.05) is 182 Å². The summed E-state index contributed by atoms with van der Waals surface area (Å²) in [5.41, 5.74) is 6.97. The predicted molar refractivity (Wildman–Crippen MR) is 334 cm³/mol. The average Bonchev–Trinajstić information content (AvgIpc) is 1.75. The van der Waals surface area contributed by atoms with Crippen molar-refractivity contribution in [3.05, 3.63) is 229 Å². The van der Waals surface area contributed by atoms with Crippen molar-refractivity contribution in [1.82, 2.24) is 51.7 Å². The smallest absolute Gasteiger partial charge is 0.246 e. The number of carbonyl (C=O) groups is 8. The van der Waals surface area contributed by atoms with Gasteiger partial charge in [-0.3, -0.25) is 38.4 Å². The van der Waals surface area contributed by atoms with Crippen LogP contribution in [0, 0.1) is 25.7 Å². The van der Waals surface area contributed by atoms with Crippen molar-refractivity contribution in [3.63, 3.8) is 0 Å². The quantitative estimate of drug-likeness (QED) is 0.0732. The van der Waals surface area contributed by atoms with Crippen molar-refractivity contribution in [2.24, 2.45) is 11.8 Å². The van der Waals surface area contributed by atoms with Crippen LogP contribution in [0.2, 0.25) is 0 Å². The van der Waals surface area contributed by atoms with Crippen LogP contribution in [0.4, 0.5) is 0 Å². The van der Waals surface area contributed by atoms with Crippen molar-refractivity contribution < 1.29 is 104 Å². The summed E-state index contributed by atoms with van der Waals surface area (Å²) >= 11 is 0. The number of hydrogen-bond acceptors (Lipinski definition) is 8. The maximum atomic E-state index is 14.1. The molecular formula is C70H72N10O8Y2-2. The number of para-hydroxylation sites is 2. The van der Waals surface area contributed by atoms with E-state index < -0.39 is 83.8 Å². The number of carbonyl (C=O) groups excluding carboxylic acids is 8. The van der Waals surface area contributed by atoms with Crippen LogP contribution in [0.1, 0.15) is 46.2 Å². The molecule has 18 nitrogen and oxygen atoms in total. The van der Waals surface area contributed by atoms with Gasteiger partial charge in [-0.15, -0.1) is 11.8 Å². The van der Waals surface area contributed by atoms with Crippen molar-refractivity contribution >= 4 is 69.1 Å². The first-order valence-corrected chi connectivity index (χ1v) is 30.1. The van der Waals surface area contributed by atoms with E-state index in [1.165, 1.54) is 9.80 Å². The summed E-state index contributed by atoms with van der Waals surface area (Å²) in [6.07, 6.45) is 5.71. The largest absolute Gasteiger partial charge is 0.361 e. The molecule has 0 spiro atoms. The van der Waals surface area contributed by atoms with Crippen LogP contribution in [0.25, 0.3) is 21.8 Å². The van der Waals surface area contributed by atoms with E-state index in [-0.39, 0.29) is 141 Å². The van der Waals surface area contributed by atoms with E-state index in [0.29, 0.717) is 12.8 Å². The molecule has 2 radical (unpaired) electrons. The number of amides is 8. The third kappa shape index (κ3) is 16.3. The third-order valence-electron chi connectivity index (χ3n) is 17.0. The Balaban J connectivity index is 0.000000209. The standard InChI is InChI=1S/2C35H36N5O4.2Y/c2*1-22-16-31-34(43)38-28(17-23-10-4-2-5-11-23)32(41)37-29(19-25-20-36-27-15-9-8-14-26(25)27)33(42)39-30(35(44)40(31)21-22)18-24-12-6-3-7-13-24;;/h2*2-15,20,22,28-31,36H,1,16-19,21H2,(H,37,41)(H,38,43)(H,39,42);;/q2*-1;;/t22-,28+,29+,30+,31-;22-,28+,29-,30+,31-;;/m11../s1. The Morgan fingerprint density at radius 1 is 0.333 bits per heavy atom. The number of H-pyrrole nitrogens is 2. The maximum absolute atomic E-state index is 14.1. The fourth-order valence-corrected chi connectivity index (χ4v) is 12.5. The Morgan fingerprint density at radius 2 is 0.600 bits per heavy atom. The SMILES string of the molecule is [CH2-][C@@H]1C[C@@H]2C(=O)N[C@@H](Cc3ccccc3)C(=O)N[C@@H](Cc3c[nH]c4ccccc34)C(=O)N[C@@H](Cc3ccccc3)C(=O)N2C1.[CH2-][C@@H]1C[C@@H]2C(=O)N[C@@H](Cc3ccccc3)C(=O)N[C@H](Cc3c[nH]c4ccccc34)C(=O)N[C@@H](Cc3ccccc3)C(=O)N2C1.[Y].[Y]. The molecule has 0 bridgehead atoms. The van der Waals surface area contributed by atoms with Gasteiger partial charge in [0.1, 0.15) is 48.3 Å². The van der Waals surface area contributed by atoms with Crippen LogP contribution >= 0.6 is 0 Å². The molecule has 10 atom stereocenters. The zero-order chi connectivity index (χ0) is 61.3. The number of fused-ring (bicyclic) bond motifs is 4. The molecule has 12 rings (SSSR count). The van der Waals surface area contributed by atoms with E-state index in [0.717, 1.165) is 55.2 Å². The molecule has 0 unspecified atom stereocenters. The second kappa shape index (κ2) is 30.9. The van der Waals surface area contributed by atoms with Crippen molar-refractivity contribution in [2.75, 3.05) is 13.1 Å². The van der Waals surface area contributed by atoms with E-state index in [4.69, 9.17) is 0 Å². The Bertz CT molecular complexity index is 3570. The molecule has 4 saturated heterocycles. The molecule has 6 heterocycles. The van der Waals surface area contributed by atoms with Crippen molar-refractivity contribution in [1.29, 1.82) is 0 Å². The van der Waals surface area contributed by atoms with Crippen LogP contribution in [-0.2, 0) is 142 Å². The topological polar surface area (TPSA) is 247 Å². The minimum absolute atomic E-state index is 0. The Morgan fingerprint density at radius 3 is 0.933 bits per heavy atom. The van der Waals surface area contributed by atoms with Gasteiger partial charge in [-0.2, -0.15) is 0 Å². The molecule has 8 N–H and O–H groups in total. The van der Waals surface area contributed by atoms with Crippen LogP contribution in [-0.4, -0.2) is 128 Å². The second-order valence-electron chi connectivity index (χ2n) is 23.5. The summed E-state index contributed by atoms with van der Waals surface area (Å²) < 4.78 is 0. The molecule has 0 aliphatic carbocycles. The molecular weight excluding hydrogens is 1290 g/mol. The second-order valence-corrected chi connectivity index (χ2v) is 23.5. The minimum Gasteiger partial charge on any atom is -0.361 e. The van der Waals surface area contributed by atoms with Crippen molar-refractivity contribution in [3.8, 4) is 0 Å². The summed E-state index contributed by atoms with van der Waals surface area (Å²) in [6, 6.07) is 45.8. The van der Waals surface area contributed by atoms with Gasteiger partial charge in [0.25, 0.3) is 0 Å². The Hall–Kier alpha value is -7.63. The Kier molecular flexibility index (Phi) is 22.9.